The number of carbonyl (C=O) groups excluding carboxylic acids is 1. The predicted molar refractivity (Wildman–Crippen MR) is 75.5 cm³/mol. The molecule has 7 nitrogen and oxygen atoms in total. The second-order valence-electron chi connectivity index (χ2n) is 4.79. The van der Waals surface area contributed by atoms with Crippen LogP contribution >= 0.6 is 0 Å². The Labute approximate surface area is 121 Å². The Bertz CT molecular complexity index is 613. The fraction of sp³-hybridized carbons (Fsp3) is 0.429. The number of esters is 1. The largest absolute Gasteiger partial charge is 0.467 e. The molecule has 0 aromatic heterocycles. The molecule has 1 aromatic carbocycles. The van der Waals surface area contributed by atoms with Gasteiger partial charge in [0.2, 0.25) is 0 Å². The number of methoxy groups -OCH3 is 1. The highest BCUT2D eigenvalue weighted by Gasteiger charge is 2.46. The van der Waals surface area contributed by atoms with E-state index in [9.17, 15) is 14.9 Å². The molecular formula is C14H16N2O5. The van der Waals surface area contributed by atoms with Crippen molar-refractivity contribution in [3.05, 3.63) is 39.4 Å². The smallest absolute Gasteiger partial charge is 0.337 e. The molecule has 1 aliphatic heterocycles. The van der Waals surface area contributed by atoms with Gasteiger partial charge in [-0.05, 0) is 31.0 Å². The molecule has 0 N–H and O–H groups in total. The summed E-state index contributed by atoms with van der Waals surface area (Å²) in [5.41, 5.74) is 0.229. The van der Waals surface area contributed by atoms with E-state index in [1.54, 1.807) is 26.1 Å². The van der Waals surface area contributed by atoms with Crippen LogP contribution in [-0.2, 0) is 19.8 Å². The lowest BCUT2D eigenvalue weighted by Gasteiger charge is -2.30. The van der Waals surface area contributed by atoms with Gasteiger partial charge in [-0.15, -0.1) is 0 Å². The third kappa shape index (κ3) is 2.52. The highest BCUT2D eigenvalue weighted by atomic mass is 16.6. The molecule has 0 saturated heterocycles. The summed E-state index contributed by atoms with van der Waals surface area (Å²) in [5.74, 6) is -0.559. The van der Waals surface area contributed by atoms with Crippen LogP contribution in [0.4, 0.5) is 5.69 Å². The van der Waals surface area contributed by atoms with E-state index >= 15 is 0 Å². The lowest BCUT2D eigenvalue weighted by atomic mass is 9.86. The minimum atomic E-state index is -1.04. The zero-order valence-electron chi connectivity index (χ0n) is 12.0. The van der Waals surface area contributed by atoms with Crippen molar-refractivity contribution in [2.75, 3.05) is 13.7 Å². The standard InChI is InChI=1S/C14H16N2O5/c1-4-21-12(13(17)20-3)14(2)11-7-10(16(18)19)6-5-9(11)8-15-14/h5-8,12H,4H2,1-3H3. The third-order valence-corrected chi connectivity index (χ3v) is 3.52. The van der Waals surface area contributed by atoms with Crippen molar-refractivity contribution >= 4 is 17.9 Å². The van der Waals surface area contributed by atoms with Gasteiger partial charge in [0.25, 0.3) is 5.69 Å². The van der Waals surface area contributed by atoms with E-state index in [0.717, 1.165) is 5.56 Å². The monoisotopic (exact) mass is 292 g/mol. The molecule has 2 unspecified atom stereocenters. The van der Waals surface area contributed by atoms with E-state index < -0.39 is 22.5 Å². The number of hydrogen-bond acceptors (Lipinski definition) is 6. The minimum absolute atomic E-state index is 0.0504. The Morgan fingerprint density at radius 3 is 2.81 bits per heavy atom. The third-order valence-electron chi connectivity index (χ3n) is 3.52. The van der Waals surface area contributed by atoms with Crippen LogP contribution in [0.3, 0.4) is 0 Å². The van der Waals surface area contributed by atoms with E-state index in [-0.39, 0.29) is 5.69 Å². The van der Waals surface area contributed by atoms with Gasteiger partial charge >= 0.3 is 5.97 Å². The second-order valence-corrected chi connectivity index (χ2v) is 4.79. The van der Waals surface area contributed by atoms with Crippen molar-refractivity contribution in [1.82, 2.24) is 0 Å². The maximum absolute atomic E-state index is 12.0. The highest BCUT2D eigenvalue weighted by Crippen LogP contribution is 2.39. The van der Waals surface area contributed by atoms with Crippen molar-refractivity contribution in [3.8, 4) is 0 Å². The molecule has 21 heavy (non-hydrogen) atoms. The quantitative estimate of drug-likeness (QED) is 0.469. The van der Waals surface area contributed by atoms with Crippen molar-refractivity contribution in [1.29, 1.82) is 0 Å². The first-order valence-electron chi connectivity index (χ1n) is 6.47. The Morgan fingerprint density at radius 2 is 2.24 bits per heavy atom. The summed E-state index contributed by atoms with van der Waals surface area (Å²) in [6, 6.07) is 4.45. The van der Waals surface area contributed by atoms with Crippen molar-refractivity contribution in [2.45, 2.75) is 25.5 Å². The first-order chi connectivity index (χ1) is 9.93. The summed E-state index contributed by atoms with van der Waals surface area (Å²) in [6.07, 6.45) is 0.639. The molecule has 1 aliphatic rings. The first-order valence-corrected chi connectivity index (χ1v) is 6.47. The van der Waals surface area contributed by atoms with Crippen LogP contribution in [0.2, 0.25) is 0 Å². The maximum Gasteiger partial charge on any atom is 0.337 e. The lowest BCUT2D eigenvalue weighted by Crippen LogP contribution is -2.43. The SMILES string of the molecule is CCOC(C(=O)OC)C1(C)N=Cc2ccc([N+](=O)[O-])cc21. The second kappa shape index (κ2) is 5.61. The summed E-state index contributed by atoms with van der Waals surface area (Å²) in [6.45, 7) is 3.76. The molecular weight excluding hydrogens is 276 g/mol. The molecule has 0 saturated carbocycles. The fourth-order valence-corrected chi connectivity index (χ4v) is 2.42. The van der Waals surface area contributed by atoms with Crippen LogP contribution in [0.1, 0.15) is 25.0 Å². The molecule has 7 heteroatoms. The number of rotatable bonds is 5. The van der Waals surface area contributed by atoms with Gasteiger partial charge in [0.05, 0.1) is 12.0 Å². The van der Waals surface area contributed by atoms with E-state index in [2.05, 4.69) is 4.99 Å². The van der Waals surface area contributed by atoms with Crippen LogP contribution < -0.4 is 0 Å². The molecule has 0 spiro atoms. The van der Waals surface area contributed by atoms with E-state index in [1.165, 1.54) is 19.2 Å². The molecule has 1 aromatic rings. The molecule has 0 amide bonds. The number of fused-ring (bicyclic) bond motifs is 1. The summed E-state index contributed by atoms with van der Waals surface area (Å²) in [4.78, 5) is 26.8. The van der Waals surface area contributed by atoms with E-state index in [4.69, 9.17) is 9.47 Å². The normalized spacial score (nSPS) is 20.9. The number of hydrogen-bond donors (Lipinski definition) is 0. The number of nitro benzene ring substituents is 1. The van der Waals surface area contributed by atoms with Gasteiger partial charge in [-0.25, -0.2) is 4.79 Å². The number of carbonyl (C=O) groups is 1. The number of benzene rings is 1. The van der Waals surface area contributed by atoms with Crippen LogP contribution in [0.25, 0.3) is 0 Å². The average molecular weight is 292 g/mol. The zero-order chi connectivity index (χ0) is 15.6. The number of nitrogens with zero attached hydrogens (tertiary/aromatic N) is 2. The first kappa shape index (κ1) is 15.1. The van der Waals surface area contributed by atoms with Crippen LogP contribution in [0.15, 0.2) is 23.2 Å². The molecule has 2 atom stereocenters. The summed E-state index contributed by atoms with van der Waals surface area (Å²) in [7, 11) is 1.27. The predicted octanol–water partition coefficient (Wildman–Crippen LogP) is 1.82. The molecule has 0 fully saturated rings. The highest BCUT2D eigenvalue weighted by molar-refractivity contribution is 5.89. The van der Waals surface area contributed by atoms with Crippen molar-refractivity contribution in [2.24, 2.45) is 4.99 Å². The molecule has 0 aliphatic carbocycles. The Balaban J connectivity index is 2.50. The molecule has 1 heterocycles. The Kier molecular flexibility index (Phi) is 4.04. The maximum atomic E-state index is 12.0. The number of nitro groups is 1. The topological polar surface area (TPSA) is 91.0 Å². The van der Waals surface area contributed by atoms with Gasteiger partial charge in [-0.2, -0.15) is 0 Å². The number of aliphatic imine (C=N–C) groups is 1. The van der Waals surface area contributed by atoms with E-state index in [0.29, 0.717) is 12.2 Å². The van der Waals surface area contributed by atoms with Gasteiger partial charge in [0.1, 0.15) is 5.54 Å². The summed E-state index contributed by atoms with van der Waals surface area (Å²) < 4.78 is 10.2. The number of non-ortho nitro benzene ring substituents is 1. The molecule has 112 valence electrons. The van der Waals surface area contributed by atoms with Crippen molar-refractivity contribution in [3.63, 3.8) is 0 Å². The molecule has 0 bridgehead atoms. The van der Waals surface area contributed by atoms with Crippen LogP contribution in [0.5, 0.6) is 0 Å². The van der Waals surface area contributed by atoms with Gasteiger partial charge in [0.15, 0.2) is 6.10 Å². The van der Waals surface area contributed by atoms with E-state index in [1.807, 2.05) is 0 Å². The summed E-state index contributed by atoms with van der Waals surface area (Å²) >= 11 is 0. The minimum Gasteiger partial charge on any atom is -0.467 e. The van der Waals surface area contributed by atoms with Gasteiger partial charge < -0.3 is 9.47 Å². The van der Waals surface area contributed by atoms with Crippen molar-refractivity contribution < 1.29 is 19.2 Å². The van der Waals surface area contributed by atoms with Crippen LogP contribution in [-0.4, -0.2) is 36.9 Å². The zero-order valence-corrected chi connectivity index (χ0v) is 12.0. The Morgan fingerprint density at radius 1 is 1.52 bits per heavy atom. The van der Waals surface area contributed by atoms with Gasteiger partial charge in [0, 0.05) is 25.0 Å². The number of ether oxygens (including phenoxy) is 2. The molecule has 2 rings (SSSR count). The van der Waals surface area contributed by atoms with Crippen LogP contribution in [0, 0.1) is 10.1 Å². The Hall–Kier alpha value is -2.28. The average Bonchev–Trinajstić information content (AvgIpc) is 2.81. The van der Waals surface area contributed by atoms with Gasteiger partial charge in [-0.1, -0.05) is 0 Å². The molecule has 0 radical (unpaired) electrons. The fourth-order valence-electron chi connectivity index (χ4n) is 2.42. The van der Waals surface area contributed by atoms with Gasteiger partial charge in [-0.3, -0.25) is 15.1 Å². The summed E-state index contributed by atoms with van der Waals surface area (Å²) in [5, 5.41) is 10.9. The lowest BCUT2D eigenvalue weighted by molar-refractivity contribution is -0.385.